The van der Waals surface area contributed by atoms with Crippen molar-refractivity contribution in [3.63, 3.8) is 0 Å². The number of furan rings is 1. The first-order chi connectivity index (χ1) is 32.4. The van der Waals surface area contributed by atoms with Gasteiger partial charge in [-0.25, -0.2) is 0 Å². The number of piperazine rings is 1. The quantitative estimate of drug-likeness (QED) is 0.0905. The van der Waals surface area contributed by atoms with E-state index >= 15 is 4.79 Å². The third-order valence-corrected chi connectivity index (χ3v) is 14.9. The van der Waals surface area contributed by atoms with E-state index in [-0.39, 0.29) is 48.0 Å². The van der Waals surface area contributed by atoms with Crippen LogP contribution in [0.5, 0.6) is 0 Å². The first-order valence-corrected chi connectivity index (χ1v) is 24.4. The number of para-hydroxylation sites is 1. The van der Waals surface area contributed by atoms with Gasteiger partial charge in [0, 0.05) is 85.8 Å². The van der Waals surface area contributed by atoms with Gasteiger partial charge in [0.1, 0.15) is 16.0 Å². The van der Waals surface area contributed by atoms with Gasteiger partial charge in [-0.05, 0) is 92.4 Å². The molecule has 6 heterocycles. The van der Waals surface area contributed by atoms with Gasteiger partial charge in [0.2, 0.25) is 5.91 Å². The van der Waals surface area contributed by atoms with Crippen LogP contribution in [-0.4, -0.2) is 115 Å². The lowest BCUT2D eigenvalue weighted by molar-refractivity contribution is -0.133. The summed E-state index contributed by atoms with van der Waals surface area (Å²) in [6, 6.07) is 23.7. The fraction of sp³-hybridized carbons (Fsp3) is 0.404. The minimum Gasteiger partial charge on any atom is -0.451 e. The number of benzene rings is 3. The number of unbranched alkanes of at least 4 members (excludes halogenated alkanes) is 5. The number of carbonyl (C=O) groups is 4. The minimum atomic E-state index is -0.728. The maximum absolute atomic E-state index is 15.0. The Hall–Kier alpha value is -6.29. The Morgan fingerprint density at radius 1 is 0.851 bits per heavy atom. The van der Waals surface area contributed by atoms with Crippen molar-refractivity contribution < 1.29 is 23.6 Å². The molecule has 0 radical (unpaired) electrons. The topological polar surface area (TPSA) is 152 Å². The molecule has 3 saturated heterocycles. The van der Waals surface area contributed by atoms with Gasteiger partial charge < -0.3 is 39.6 Å². The van der Waals surface area contributed by atoms with Crippen molar-refractivity contribution in [2.45, 2.75) is 64.5 Å². The number of fused-ring (bicyclic) bond motifs is 2. The van der Waals surface area contributed by atoms with Gasteiger partial charge in [-0.15, -0.1) is 11.3 Å². The van der Waals surface area contributed by atoms with Crippen molar-refractivity contribution in [3.8, 4) is 11.1 Å². The zero-order chi connectivity index (χ0) is 46.8. The number of pyridine rings is 1. The van der Waals surface area contributed by atoms with E-state index in [4.69, 9.17) is 4.42 Å². The molecule has 350 valence electrons. The van der Waals surface area contributed by atoms with Crippen molar-refractivity contribution in [2.75, 3.05) is 71.0 Å². The standard InChI is InChI=1S/C52H60N8O6S/c1-34-25-37(39-26-35(2)48(62)56(3)29-39)27-38-28-42(66-45(34)38)47(61)54-19-13-7-5-6-8-14-22-59(30-36-15-9-11-17-41(36)58-23-20-53-21-24-58)50(64)46-44(40-16-10-12-18-43(40)67-46)49(63)60-31-52(32-60)51(65)55-33-57(52)4/h9-12,15-18,25-29,53H,5-8,13-14,19-24,30-33H2,1-4H3,(H,54,61)(H,55,65). The Morgan fingerprint density at radius 2 is 1.57 bits per heavy atom. The zero-order valence-corrected chi connectivity index (χ0v) is 39.7. The SMILES string of the molecule is Cc1cc(-c2cc(C)c3oc(C(=O)NCCCCCCCCN(Cc4ccccc4N4CCNCC4)C(=O)c4sc5ccccc5c4C(=O)N4CC5(C4)C(=O)NCN5C)cc3c2)cn(C)c1=O. The fourth-order valence-corrected chi connectivity index (χ4v) is 11.0. The Kier molecular flexibility index (Phi) is 13.4. The molecule has 0 atom stereocenters. The van der Waals surface area contributed by atoms with Gasteiger partial charge in [0.05, 0.1) is 25.3 Å². The predicted molar refractivity (Wildman–Crippen MR) is 264 cm³/mol. The Labute approximate surface area is 394 Å². The average molecular weight is 925 g/mol. The lowest BCUT2D eigenvalue weighted by Gasteiger charge is -2.49. The molecule has 1 spiro atoms. The molecule has 14 nitrogen and oxygen atoms in total. The summed E-state index contributed by atoms with van der Waals surface area (Å²) in [5.74, 6) is -0.404. The highest BCUT2D eigenvalue weighted by molar-refractivity contribution is 7.21. The molecule has 15 heteroatoms. The van der Waals surface area contributed by atoms with Crippen LogP contribution < -0.4 is 26.4 Å². The predicted octanol–water partition coefficient (Wildman–Crippen LogP) is 6.67. The van der Waals surface area contributed by atoms with E-state index in [0.29, 0.717) is 47.9 Å². The lowest BCUT2D eigenvalue weighted by atomic mass is 9.87. The number of hydrogen-bond donors (Lipinski definition) is 3. The van der Waals surface area contributed by atoms with Crippen molar-refractivity contribution in [1.82, 2.24) is 35.2 Å². The first kappa shape index (κ1) is 45.8. The molecule has 3 aliphatic heterocycles. The largest absolute Gasteiger partial charge is 0.451 e. The second-order valence-corrected chi connectivity index (χ2v) is 19.5. The maximum Gasteiger partial charge on any atom is 0.287 e. The number of rotatable bonds is 16. The smallest absolute Gasteiger partial charge is 0.287 e. The van der Waals surface area contributed by atoms with Crippen molar-refractivity contribution in [3.05, 3.63) is 122 Å². The molecule has 3 aromatic carbocycles. The van der Waals surface area contributed by atoms with E-state index in [1.165, 1.54) is 11.3 Å². The number of likely N-dealkylation sites (N-methyl/N-ethyl adjacent to an activating group) is 1. The summed E-state index contributed by atoms with van der Waals surface area (Å²) in [6.45, 7) is 9.83. The van der Waals surface area contributed by atoms with Crippen molar-refractivity contribution >= 4 is 61.7 Å². The third kappa shape index (κ3) is 9.24. The van der Waals surface area contributed by atoms with E-state index in [1.807, 2.05) is 85.4 Å². The van der Waals surface area contributed by atoms with E-state index in [2.05, 4.69) is 39.0 Å². The van der Waals surface area contributed by atoms with Crippen molar-refractivity contribution in [1.29, 1.82) is 0 Å². The number of likely N-dealkylation sites (tertiary alicyclic amines) is 1. The van der Waals surface area contributed by atoms with Crippen LogP contribution in [0, 0.1) is 13.8 Å². The van der Waals surface area contributed by atoms with Gasteiger partial charge in [-0.3, -0.25) is 28.9 Å². The van der Waals surface area contributed by atoms with Crippen LogP contribution in [0.1, 0.15) is 85.8 Å². The zero-order valence-electron chi connectivity index (χ0n) is 38.9. The van der Waals surface area contributed by atoms with E-state index < -0.39 is 5.54 Å². The molecule has 0 unspecified atom stereocenters. The van der Waals surface area contributed by atoms with Gasteiger partial charge in [-0.1, -0.05) is 62.1 Å². The van der Waals surface area contributed by atoms with Crippen LogP contribution >= 0.6 is 11.3 Å². The van der Waals surface area contributed by atoms with Crippen LogP contribution in [0.25, 0.3) is 32.2 Å². The van der Waals surface area contributed by atoms with Crippen molar-refractivity contribution in [2.24, 2.45) is 7.05 Å². The second-order valence-electron chi connectivity index (χ2n) is 18.5. The van der Waals surface area contributed by atoms with E-state index in [0.717, 1.165) is 108 Å². The summed E-state index contributed by atoms with van der Waals surface area (Å²) in [5.41, 5.74) is 6.01. The monoisotopic (exact) mass is 924 g/mol. The highest BCUT2D eigenvalue weighted by Crippen LogP contribution is 2.38. The number of anilines is 1. The molecule has 0 aliphatic carbocycles. The summed E-state index contributed by atoms with van der Waals surface area (Å²) in [4.78, 5) is 76.1. The summed E-state index contributed by atoms with van der Waals surface area (Å²) in [5, 5.41) is 11.0. The summed E-state index contributed by atoms with van der Waals surface area (Å²) < 4.78 is 8.49. The van der Waals surface area contributed by atoms with Gasteiger partial charge in [0.15, 0.2) is 5.76 Å². The van der Waals surface area contributed by atoms with Crippen LogP contribution in [0.15, 0.2) is 88.2 Å². The molecule has 3 aliphatic rings. The molecule has 0 bridgehead atoms. The second kappa shape index (κ2) is 19.5. The van der Waals surface area contributed by atoms with Gasteiger partial charge in [-0.2, -0.15) is 0 Å². The average Bonchev–Trinajstić information content (AvgIpc) is 4.02. The molecule has 3 aromatic heterocycles. The number of aromatic nitrogens is 1. The lowest BCUT2D eigenvalue weighted by Crippen LogP contribution is -2.71. The van der Waals surface area contributed by atoms with E-state index in [1.54, 1.807) is 22.6 Å². The van der Waals surface area contributed by atoms with Crippen LogP contribution in [0.3, 0.4) is 0 Å². The van der Waals surface area contributed by atoms with Gasteiger partial charge >= 0.3 is 0 Å². The number of aryl methyl sites for hydroxylation is 3. The maximum atomic E-state index is 15.0. The Morgan fingerprint density at radius 3 is 2.33 bits per heavy atom. The molecule has 6 aromatic rings. The number of hydrogen-bond acceptors (Lipinski definition) is 10. The highest BCUT2D eigenvalue weighted by Gasteiger charge is 2.57. The number of carbonyl (C=O) groups excluding carboxylic acids is 4. The van der Waals surface area contributed by atoms with Crippen LogP contribution in [0.4, 0.5) is 5.69 Å². The third-order valence-electron chi connectivity index (χ3n) is 13.8. The summed E-state index contributed by atoms with van der Waals surface area (Å²) >= 11 is 1.37. The highest BCUT2D eigenvalue weighted by atomic mass is 32.1. The number of thiophene rings is 1. The number of amides is 4. The molecule has 4 amide bonds. The Bertz CT molecular complexity index is 2880. The first-order valence-electron chi connectivity index (χ1n) is 23.5. The summed E-state index contributed by atoms with van der Waals surface area (Å²) in [7, 11) is 3.64. The van der Waals surface area contributed by atoms with E-state index in [9.17, 15) is 19.2 Å². The van der Waals surface area contributed by atoms with Crippen LogP contribution in [0.2, 0.25) is 0 Å². The minimum absolute atomic E-state index is 0.0276. The summed E-state index contributed by atoms with van der Waals surface area (Å²) in [6.07, 6.45) is 7.31. The normalized spacial score (nSPS) is 15.9. The fourth-order valence-electron chi connectivity index (χ4n) is 9.89. The molecule has 9 rings (SSSR count). The molecule has 3 N–H and O–H groups in total. The molecule has 0 saturated carbocycles. The van der Waals surface area contributed by atoms with Gasteiger partial charge in [0.25, 0.3) is 23.3 Å². The molecular formula is C52H60N8O6S. The molecular weight excluding hydrogens is 865 g/mol. The van der Waals surface area contributed by atoms with Crippen LogP contribution in [-0.2, 0) is 18.4 Å². The number of nitrogens with one attached hydrogen (secondary N) is 3. The molecule has 67 heavy (non-hydrogen) atoms. The Balaban J connectivity index is 0.824. The molecule has 3 fully saturated rings. The number of nitrogens with zero attached hydrogens (tertiary/aromatic N) is 5.